The molecule has 5 rings (SSSR count). The van der Waals surface area contributed by atoms with Gasteiger partial charge in [-0.3, -0.25) is 4.79 Å². The van der Waals surface area contributed by atoms with E-state index < -0.39 is 5.92 Å². The number of Topliss-reactive ketones (excluding diaryl/α,β-unsaturated/α-hetero) is 1. The van der Waals surface area contributed by atoms with Gasteiger partial charge in [-0.2, -0.15) is 5.26 Å². The third-order valence-corrected chi connectivity index (χ3v) is 6.95. The second-order valence-electron chi connectivity index (χ2n) is 8.53. The highest BCUT2D eigenvalue weighted by Gasteiger charge is 2.29. The lowest BCUT2D eigenvalue weighted by Crippen LogP contribution is -2.15. The second-order valence-corrected chi connectivity index (χ2v) is 9.44. The number of nitriles is 1. The third kappa shape index (κ3) is 4.38. The van der Waals surface area contributed by atoms with Gasteiger partial charge in [-0.25, -0.2) is 0 Å². The van der Waals surface area contributed by atoms with Crippen molar-refractivity contribution < 1.29 is 4.79 Å². The summed E-state index contributed by atoms with van der Waals surface area (Å²) in [7, 11) is 0. The Bertz CT molecular complexity index is 1540. The molecule has 0 heterocycles. The Morgan fingerprint density at radius 1 is 0.765 bits per heavy atom. The highest BCUT2D eigenvalue weighted by atomic mass is 79.9. The molecule has 0 fully saturated rings. The fraction of sp³-hybridized carbons (Fsp3) is 0.0968. The van der Waals surface area contributed by atoms with Gasteiger partial charge in [0.2, 0.25) is 0 Å². The zero-order valence-corrected chi connectivity index (χ0v) is 20.1. The van der Waals surface area contributed by atoms with E-state index in [0.717, 1.165) is 37.1 Å². The fourth-order valence-corrected chi connectivity index (χ4v) is 5.16. The number of carbonyl (C=O) groups excluding carboxylic acids is 1. The molecule has 0 saturated heterocycles. The first-order chi connectivity index (χ1) is 16.6. The van der Waals surface area contributed by atoms with E-state index in [0.29, 0.717) is 5.56 Å². The fourth-order valence-electron chi connectivity index (χ4n) is 4.74. The highest BCUT2D eigenvalue weighted by Crippen LogP contribution is 2.40. The summed E-state index contributed by atoms with van der Waals surface area (Å²) in [6.45, 7) is 0. The Balaban J connectivity index is 1.58. The molecule has 5 aromatic rings. The van der Waals surface area contributed by atoms with Crippen LogP contribution in [0.1, 0.15) is 39.7 Å². The Morgan fingerprint density at radius 2 is 1.47 bits per heavy atom. The van der Waals surface area contributed by atoms with E-state index in [-0.39, 0.29) is 18.1 Å². The smallest absolute Gasteiger partial charge is 0.163 e. The minimum Gasteiger partial charge on any atom is -0.294 e. The van der Waals surface area contributed by atoms with E-state index in [1.165, 1.54) is 0 Å². The Labute approximate surface area is 207 Å². The molecule has 0 aliphatic rings. The highest BCUT2D eigenvalue weighted by molar-refractivity contribution is 9.10. The van der Waals surface area contributed by atoms with Gasteiger partial charge < -0.3 is 0 Å². The largest absolute Gasteiger partial charge is 0.294 e. The van der Waals surface area contributed by atoms with E-state index in [1.54, 1.807) is 0 Å². The molecule has 164 valence electrons. The van der Waals surface area contributed by atoms with E-state index in [9.17, 15) is 10.1 Å². The first kappa shape index (κ1) is 22.1. The minimum absolute atomic E-state index is 0.0382. The Kier molecular flexibility index (Phi) is 6.25. The molecule has 0 radical (unpaired) electrons. The predicted octanol–water partition coefficient (Wildman–Crippen LogP) is 8.42. The maximum absolute atomic E-state index is 13.6. The first-order valence-corrected chi connectivity index (χ1v) is 12.1. The van der Waals surface area contributed by atoms with E-state index >= 15 is 0 Å². The monoisotopic (exact) mass is 503 g/mol. The molecule has 0 unspecified atom stereocenters. The summed E-state index contributed by atoms with van der Waals surface area (Å²) in [5, 5.41) is 14.7. The van der Waals surface area contributed by atoms with Crippen molar-refractivity contribution >= 4 is 43.3 Å². The molecule has 2 atom stereocenters. The Hall–Kier alpha value is -3.74. The van der Waals surface area contributed by atoms with Crippen LogP contribution < -0.4 is 0 Å². The van der Waals surface area contributed by atoms with Crippen LogP contribution >= 0.6 is 15.9 Å². The number of hydrogen-bond donors (Lipinski definition) is 0. The zero-order chi connectivity index (χ0) is 23.5. The topological polar surface area (TPSA) is 40.9 Å². The van der Waals surface area contributed by atoms with Crippen molar-refractivity contribution in [2.75, 3.05) is 0 Å². The summed E-state index contributed by atoms with van der Waals surface area (Å²) >= 11 is 3.57. The minimum atomic E-state index is -0.468. The van der Waals surface area contributed by atoms with Gasteiger partial charge in [-0.1, -0.05) is 107 Å². The normalized spacial score (nSPS) is 12.8. The van der Waals surface area contributed by atoms with Crippen LogP contribution in [0, 0.1) is 11.3 Å². The molecule has 0 spiro atoms. The number of halogens is 1. The first-order valence-electron chi connectivity index (χ1n) is 11.3. The number of ketones is 1. The number of benzene rings is 5. The lowest BCUT2D eigenvalue weighted by molar-refractivity contribution is 0.0972. The van der Waals surface area contributed by atoms with Crippen LogP contribution in [0.25, 0.3) is 21.5 Å². The van der Waals surface area contributed by atoms with E-state index in [4.69, 9.17) is 0 Å². The van der Waals surface area contributed by atoms with Gasteiger partial charge in [0.25, 0.3) is 0 Å². The average Bonchev–Trinajstić information content (AvgIpc) is 2.88. The van der Waals surface area contributed by atoms with Gasteiger partial charge >= 0.3 is 0 Å². The lowest BCUT2D eigenvalue weighted by Gasteiger charge is -2.24. The molecule has 2 nitrogen and oxygen atoms in total. The van der Waals surface area contributed by atoms with Crippen LogP contribution in [-0.4, -0.2) is 5.78 Å². The third-order valence-electron chi connectivity index (χ3n) is 6.45. The molecule has 34 heavy (non-hydrogen) atoms. The summed E-state index contributed by atoms with van der Waals surface area (Å²) in [4.78, 5) is 13.6. The van der Waals surface area contributed by atoms with Gasteiger partial charge in [-0.15, -0.1) is 0 Å². The van der Waals surface area contributed by atoms with Gasteiger partial charge in [0.1, 0.15) is 0 Å². The van der Waals surface area contributed by atoms with Crippen LogP contribution in [-0.2, 0) is 0 Å². The predicted molar refractivity (Wildman–Crippen MR) is 142 cm³/mol. The lowest BCUT2D eigenvalue weighted by atomic mass is 9.77. The maximum atomic E-state index is 13.6. The molecule has 0 N–H and O–H groups in total. The number of hydrogen-bond acceptors (Lipinski definition) is 2. The summed E-state index contributed by atoms with van der Waals surface area (Å²) in [6.07, 6.45) is 0.246. The van der Waals surface area contributed by atoms with Crippen molar-refractivity contribution in [2.24, 2.45) is 0 Å². The van der Waals surface area contributed by atoms with Crippen LogP contribution in [0.2, 0.25) is 0 Å². The number of carbonyl (C=O) groups is 1. The van der Waals surface area contributed by atoms with Crippen molar-refractivity contribution in [3.05, 3.63) is 130 Å². The van der Waals surface area contributed by atoms with Crippen LogP contribution in [0.4, 0.5) is 0 Å². The summed E-state index contributed by atoms with van der Waals surface area (Å²) in [5.74, 6) is -0.715. The summed E-state index contributed by atoms with van der Waals surface area (Å²) in [5.41, 5.74) is 2.60. The Morgan fingerprint density at radius 3 is 2.26 bits per heavy atom. The molecule has 0 amide bonds. The van der Waals surface area contributed by atoms with Crippen molar-refractivity contribution in [2.45, 2.75) is 18.3 Å². The molecular weight excluding hydrogens is 482 g/mol. The molecule has 5 aromatic carbocycles. The van der Waals surface area contributed by atoms with Crippen molar-refractivity contribution in [3.8, 4) is 6.07 Å². The number of nitrogens with zero attached hydrogens (tertiary/aromatic N) is 1. The molecule has 0 aromatic heterocycles. The molecule has 0 aliphatic carbocycles. The van der Waals surface area contributed by atoms with Crippen LogP contribution in [0.15, 0.2) is 114 Å². The number of fused-ring (bicyclic) bond motifs is 2. The van der Waals surface area contributed by atoms with Crippen molar-refractivity contribution in [1.82, 2.24) is 0 Å². The quantitative estimate of drug-likeness (QED) is 0.218. The van der Waals surface area contributed by atoms with Crippen LogP contribution in [0.5, 0.6) is 0 Å². The van der Waals surface area contributed by atoms with Gasteiger partial charge in [-0.05, 0) is 50.9 Å². The molecule has 3 heteroatoms. The molecular formula is C31H22BrNO. The van der Waals surface area contributed by atoms with Gasteiger partial charge in [0.15, 0.2) is 5.78 Å². The molecule has 0 saturated carbocycles. The molecule has 0 aliphatic heterocycles. The van der Waals surface area contributed by atoms with Crippen molar-refractivity contribution in [1.29, 1.82) is 5.26 Å². The molecule has 0 bridgehead atoms. The van der Waals surface area contributed by atoms with Gasteiger partial charge in [0, 0.05) is 22.4 Å². The summed E-state index contributed by atoms with van der Waals surface area (Å²) in [6, 6.07) is 38.5. The van der Waals surface area contributed by atoms with E-state index in [2.05, 4.69) is 40.2 Å². The van der Waals surface area contributed by atoms with Crippen LogP contribution in [0.3, 0.4) is 0 Å². The average molecular weight is 504 g/mol. The maximum Gasteiger partial charge on any atom is 0.163 e. The van der Waals surface area contributed by atoms with E-state index in [1.807, 2.05) is 91.0 Å². The standard InChI is InChI=1S/C31H22BrNO/c32-26-12-5-11-24(18-26)29(19-31(34)25-16-15-21-7-1-2-9-23(21)17-25)30(20-33)28-14-6-10-22-8-3-4-13-27(22)28/h1-18,29-30H,19H2/t29-,30-/m0/s1. The summed E-state index contributed by atoms with van der Waals surface area (Å²) < 4.78 is 0.933. The van der Waals surface area contributed by atoms with Crippen molar-refractivity contribution in [3.63, 3.8) is 0 Å². The number of rotatable bonds is 6. The van der Waals surface area contributed by atoms with Gasteiger partial charge in [0.05, 0.1) is 12.0 Å². The second kappa shape index (κ2) is 9.63. The SMILES string of the molecule is N#C[C@@H](c1cccc2ccccc12)[C@@H](CC(=O)c1ccc2ccccc2c1)c1cccc(Br)c1. The zero-order valence-electron chi connectivity index (χ0n) is 18.5.